The molecule has 1 aromatic carbocycles. The van der Waals surface area contributed by atoms with Gasteiger partial charge in [-0.25, -0.2) is 4.39 Å². The van der Waals surface area contributed by atoms with Crippen molar-refractivity contribution in [2.75, 3.05) is 18.9 Å². The lowest BCUT2D eigenvalue weighted by Crippen LogP contribution is -2.23. The van der Waals surface area contributed by atoms with Crippen LogP contribution in [0.3, 0.4) is 0 Å². The fourth-order valence-corrected chi connectivity index (χ4v) is 2.32. The molecule has 4 heteroatoms. The molecule has 21 heavy (non-hydrogen) atoms. The number of aromatic nitrogens is 1. The van der Waals surface area contributed by atoms with E-state index in [1.807, 2.05) is 38.2 Å². The zero-order valence-corrected chi connectivity index (χ0v) is 12.8. The van der Waals surface area contributed by atoms with Crippen molar-refractivity contribution in [2.24, 2.45) is 0 Å². The fraction of sp³-hybridized carbons (Fsp3) is 0.353. The second-order valence-corrected chi connectivity index (χ2v) is 5.18. The maximum absolute atomic E-state index is 13.9. The van der Waals surface area contributed by atoms with Crippen molar-refractivity contribution in [1.82, 2.24) is 9.88 Å². The molecule has 0 spiro atoms. The lowest BCUT2D eigenvalue weighted by Gasteiger charge is -2.25. The largest absolute Gasteiger partial charge is 0.385 e. The number of anilines is 1. The van der Waals surface area contributed by atoms with Crippen LogP contribution in [0.15, 0.2) is 42.6 Å². The lowest BCUT2D eigenvalue weighted by molar-refractivity contribution is 0.245. The maximum Gasteiger partial charge on any atom is 0.127 e. The summed E-state index contributed by atoms with van der Waals surface area (Å²) in [4.78, 5) is 6.48. The average Bonchev–Trinajstić information content (AvgIpc) is 2.48. The Labute approximate surface area is 125 Å². The molecule has 3 nitrogen and oxygen atoms in total. The van der Waals surface area contributed by atoms with E-state index in [1.54, 1.807) is 12.3 Å². The molecule has 0 aliphatic heterocycles. The number of hydrogen-bond donors (Lipinski definition) is 1. The van der Waals surface area contributed by atoms with Crippen LogP contribution in [-0.2, 0) is 6.54 Å². The predicted molar refractivity (Wildman–Crippen MR) is 84.7 cm³/mol. The molecule has 0 fully saturated rings. The Bertz CT molecular complexity index is 586. The van der Waals surface area contributed by atoms with Crippen LogP contribution in [0.1, 0.15) is 31.1 Å². The normalized spacial score (nSPS) is 12.4. The van der Waals surface area contributed by atoms with Crippen LogP contribution in [-0.4, -0.2) is 23.5 Å². The molecule has 1 atom stereocenters. The van der Waals surface area contributed by atoms with E-state index in [1.165, 1.54) is 6.07 Å². The van der Waals surface area contributed by atoms with Gasteiger partial charge < -0.3 is 5.32 Å². The minimum absolute atomic E-state index is 0.00390. The van der Waals surface area contributed by atoms with Gasteiger partial charge in [-0.05, 0) is 39.1 Å². The third kappa shape index (κ3) is 4.02. The molecule has 2 aromatic rings. The van der Waals surface area contributed by atoms with E-state index in [2.05, 4.69) is 22.1 Å². The van der Waals surface area contributed by atoms with Crippen molar-refractivity contribution >= 4 is 5.69 Å². The Morgan fingerprint density at radius 3 is 2.76 bits per heavy atom. The summed E-state index contributed by atoms with van der Waals surface area (Å²) >= 11 is 0. The van der Waals surface area contributed by atoms with Crippen molar-refractivity contribution in [3.8, 4) is 0 Å². The van der Waals surface area contributed by atoms with Gasteiger partial charge in [0.25, 0.3) is 0 Å². The Balaban J connectivity index is 2.09. The highest BCUT2D eigenvalue weighted by Gasteiger charge is 2.15. The minimum Gasteiger partial charge on any atom is -0.385 e. The molecule has 1 unspecified atom stereocenters. The van der Waals surface area contributed by atoms with Crippen LogP contribution in [0.4, 0.5) is 10.1 Å². The molecular weight excluding hydrogens is 265 g/mol. The fourth-order valence-electron chi connectivity index (χ4n) is 2.32. The first-order valence-corrected chi connectivity index (χ1v) is 7.25. The van der Waals surface area contributed by atoms with Gasteiger partial charge in [0, 0.05) is 36.6 Å². The summed E-state index contributed by atoms with van der Waals surface area (Å²) in [6.45, 7) is 5.62. The number of nitrogens with one attached hydrogen (secondary N) is 1. The van der Waals surface area contributed by atoms with E-state index in [0.29, 0.717) is 12.1 Å². The van der Waals surface area contributed by atoms with E-state index in [4.69, 9.17) is 0 Å². The standard InChI is InChI=1S/C17H22FN3/c1-4-19-14-9-10-20-15(11-14)12-21(3)13(2)16-7-5-6-8-17(16)18/h5-11,13H,4,12H2,1-3H3,(H,19,20). The van der Waals surface area contributed by atoms with Crippen molar-refractivity contribution in [3.63, 3.8) is 0 Å². The zero-order chi connectivity index (χ0) is 15.2. The van der Waals surface area contributed by atoms with Gasteiger partial charge in [0.2, 0.25) is 0 Å². The highest BCUT2D eigenvalue weighted by Crippen LogP contribution is 2.23. The second kappa shape index (κ2) is 7.18. The lowest BCUT2D eigenvalue weighted by atomic mass is 10.1. The van der Waals surface area contributed by atoms with Gasteiger partial charge in [0.15, 0.2) is 0 Å². The van der Waals surface area contributed by atoms with Crippen LogP contribution in [0.2, 0.25) is 0 Å². The molecule has 0 radical (unpaired) electrons. The summed E-state index contributed by atoms with van der Waals surface area (Å²) in [5.74, 6) is -0.161. The summed E-state index contributed by atoms with van der Waals surface area (Å²) in [6, 6.07) is 10.9. The third-order valence-corrected chi connectivity index (χ3v) is 3.63. The van der Waals surface area contributed by atoms with Crippen molar-refractivity contribution < 1.29 is 4.39 Å². The predicted octanol–water partition coefficient (Wildman–Crippen LogP) is 3.85. The number of rotatable bonds is 6. The first kappa shape index (κ1) is 15.4. The van der Waals surface area contributed by atoms with E-state index in [-0.39, 0.29) is 11.9 Å². The van der Waals surface area contributed by atoms with Crippen LogP contribution in [0.5, 0.6) is 0 Å². The highest BCUT2D eigenvalue weighted by molar-refractivity contribution is 5.42. The van der Waals surface area contributed by atoms with Gasteiger partial charge in [-0.15, -0.1) is 0 Å². The Morgan fingerprint density at radius 2 is 2.05 bits per heavy atom. The van der Waals surface area contributed by atoms with Crippen molar-refractivity contribution in [3.05, 3.63) is 59.7 Å². The molecular formula is C17H22FN3. The van der Waals surface area contributed by atoms with Gasteiger partial charge >= 0.3 is 0 Å². The van der Waals surface area contributed by atoms with Crippen LogP contribution >= 0.6 is 0 Å². The molecule has 112 valence electrons. The quantitative estimate of drug-likeness (QED) is 0.875. The number of nitrogens with zero attached hydrogens (tertiary/aromatic N) is 2. The summed E-state index contributed by atoms with van der Waals surface area (Å²) in [7, 11) is 1.98. The third-order valence-electron chi connectivity index (χ3n) is 3.63. The van der Waals surface area contributed by atoms with E-state index in [9.17, 15) is 4.39 Å². The molecule has 1 N–H and O–H groups in total. The zero-order valence-electron chi connectivity index (χ0n) is 12.8. The first-order chi connectivity index (χ1) is 10.1. The number of hydrogen-bond acceptors (Lipinski definition) is 3. The Hall–Kier alpha value is -1.94. The van der Waals surface area contributed by atoms with E-state index < -0.39 is 0 Å². The average molecular weight is 287 g/mol. The molecule has 0 saturated heterocycles. The molecule has 0 saturated carbocycles. The van der Waals surface area contributed by atoms with E-state index >= 15 is 0 Å². The molecule has 0 amide bonds. The molecule has 1 heterocycles. The van der Waals surface area contributed by atoms with Gasteiger partial charge in [0.1, 0.15) is 5.82 Å². The Kier molecular flexibility index (Phi) is 5.28. The van der Waals surface area contributed by atoms with Crippen LogP contribution in [0.25, 0.3) is 0 Å². The highest BCUT2D eigenvalue weighted by atomic mass is 19.1. The molecule has 2 rings (SSSR count). The monoisotopic (exact) mass is 287 g/mol. The minimum atomic E-state index is -0.161. The molecule has 1 aromatic heterocycles. The van der Waals surface area contributed by atoms with Gasteiger partial charge in [-0.1, -0.05) is 18.2 Å². The van der Waals surface area contributed by atoms with Crippen LogP contribution < -0.4 is 5.32 Å². The van der Waals surface area contributed by atoms with Gasteiger partial charge in [-0.2, -0.15) is 0 Å². The number of halogens is 1. The maximum atomic E-state index is 13.9. The number of pyridine rings is 1. The van der Waals surface area contributed by atoms with Crippen molar-refractivity contribution in [2.45, 2.75) is 26.4 Å². The smallest absolute Gasteiger partial charge is 0.127 e. The summed E-state index contributed by atoms with van der Waals surface area (Å²) in [5, 5.41) is 3.27. The molecule has 0 aliphatic carbocycles. The van der Waals surface area contributed by atoms with Gasteiger partial charge in [-0.3, -0.25) is 9.88 Å². The molecule has 0 aliphatic rings. The number of benzene rings is 1. The van der Waals surface area contributed by atoms with Crippen molar-refractivity contribution in [1.29, 1.82) is 0 Å². The summed E-state index contributed by atoms with van der Waals surface area (Å²) in [6.07, 6.45) is 1.80. The second-order valence-electron chi connectivity index (χ2n) is 5.18. The van der Waals surface area contributed by atoms with Crippen LogP contribution in [0, 0.1) is 5.82 Å². The molecule has 0 bridgehead atoms. The SMILES string of the molecule is CCNc1ccnc(CN(C)C(C)c2ccccc2F)c1. The topological polar surface area (TPSA) is 28.2 Å². The summed E-state index contributed by atoms with van der Waals surface area (Å²) in [5.41, 5.74) is 2.75. The summed E-state index contributed by atoms with van der Waals surface area (Å²) < 4.78 is 13.9. The van der Waals surface area contributed by atoms with Gasteiger partial charge in [0.05, 0.1) is 5.69 Å². The Morgan fingerprint density at radius 1 is 1.29 bits per heavy atom. The first-order valence-electron chi connectivity index (χ1n) is 7.25. The van der Waals surface area contributed by atoms with E-state index in [0.717, 1.165) is 17.9 Å².